The van der Waals surface area contributed by atoms with E-state index in [0.29, 0.717) is 0 Å². The third kappa shape index (κ3) is 60.7. The van der Waals surface area contributed by atoms with Gasteiger partial charge in [0.15, 0.2) is 31.0 Å². The summed E-state index contributed by atoms with van der Waals surface area (Å²) in [5, 5.41) is 2.39. The van der Waals surface area contributed by atoms with Gasteiger partial charge in [0, 0.05) is 14.0 Å². The molecule has 0 radical (unpaired) electrons. The average molecular weight is 192 g/mol. The molecule has 0 aliphatic heterocycles. The van der Waals surface area contributed by atoms with Gasteiger partial charge in [0.1, 0.15) is 0 Å². The molecule has 0 bridgehead atoms. The molecular weight excluding hydrogens is 185 g/mol. The number of nitrogens with one attached hydrogen (secondary N) is 1. The standard InChI is InChI=1S/C3H7NO.Cl2OS/c1-3(5)4-2;1-4(2)3/h1-2H3,(H,4,5);. The highest BCUT2D eigenvalue weighted by atomic mass is 36.0. The van der Waals surface area contributed by atoms with Crippen molar-refractivity contribution in [2.45, 2.75) is 6.92 Å². The number of amides is 1. The highest BCUT2D eigenvalue weighted by Gasteiger charge is 1.83. The number of hydrogen-bond donors (Lipinski definition) is 1. The van der Waals surface area contributed by atoms with E-state index in [1.54, 1.807) is 7.05 Å². The molecular formula is C3H7Cl2NO2S. The number of halogens is 2. The molecule has 6 heteroatoms. The molecule has 0 spiro atoms. The van der Waals surface area contributed by atoms with Gasteiger partial charge in [-0.2, -0.15) is 0 Å². The first-order valence-corrected chi connectivity index (χ1v) is 4.73. The third-order valence-electron chi connectivity index (χ3n) is 0.352. The van der Waals surface area contributed by atoms with E-state index >= 15 is 0 Å². The predicted octanol–water partition coefficient (Wildman–Crippen LogP) is 0.795. The van der Waals surface area contributed by atoms with Crippen LogP contribution in [0.5, 0.6) is 0 Å². The largest absolute Gasteiger partial charge is 0.582 e. The molecule has 9 heavy (non-hydrogen) atoms. The van der Waals surface area contributed by atoms with Crippen molar-refractivity contribution in [3.05, 3.63) is 0 Å². The fourth-order valence-electron chi connectivity index (χ4n) is 0. The lowest BCUT2D eigenvalue weighted by Crippen LogP contribution is -2.11. The van der Waals surface area contributed by atoms with Gasteiger partial charge >= 0.3 is 0 Å². The summed E-state index contributed by atoms with van der Waals surface area (Å²) in [6.45, 7) is 1.47. The molecule has 0 aromatic heterocycles. The van der Waals surface area contributed by atoms with Crippen molar-refractivity contribution in [2.75, 3.05) is 7.05 Å². The number of carbonyl (C=O) groups excluding carboxylic acids is 1. The van der Waals surface area contributed by atoms with E-state index in [1.165, 1.54) is 6.92 Å². The van der Waals surface area contributed by atoms with Crippen LogP contribution in [0.4, 0.5) is 0 Å². The minimum Gasteiger partial charge on any atom is -0.582 e. The summed E-state index contributed by atoms with van der Waals surface area (Å²) in [5.41, 5.74) is 0. The lowest BCUT2D eigenvalue weighted by Gasteiger charge is -1.80. The van der Waals surface area contributed by atoms with Gasteiger partial charge in [0.05, 0.1) is 0 Å². The van der Waals surface area contributed by atoms with Crippen LogP contribution in [0.2, 0.25) is 0 Å². The lowest BCUT2D eigenvalue weighted by molar-refractivity contribution is -0.118. The van der Waals surface area contributed by atoms with Gasteiger partial charge in [-0.25, -0.2) is 0 Å². The van der Waals surface area contributed by atoms with Crippen LogP contribution in [0.3, 0.4) is 0 Å². The van der Waals surface area contributed by atoms with E-state index in [1.807, 2.05) is 0 Å². The van der Waals surface area contributed by atoms with Gasteiger partial charge in [-0.3, -0.25) is 4.79 Å². The lowest BCUT2D eigenvalue weighted by atomic mass is 10.7. The number of hydrogen-bond acceptors (Lipinski definition) is 2. The van der Waals surface area contributed by atoms with Gasteiger partial charge in [0.2, 0.25) is 5.91 Å². The Morgan fingerprint density at radius 3 is 1.78 bits per heavy atom. The second-order valence-corrected chi connectivity index (χ2v) is 3.51. The Labute approximate surface area is 65.9 Å². The molecule has 0 aliphatic rings. The zero-order valence-corrected chi connectivity index (χ0v) is 7.31. The Kier molecular flexibility index (Phi) is 11.2. The summed E-state index contributed by atoms with van der Waals surface area (Å²) >= 11 is 0. The van der Waals surface area contributed by atoms with Gasteiger partial charge in [0.25, 0.3) is 0 Å². The van der Waals surface area contributed by atoms with Crippen LogP contribution in [0.1, 0.15) is 6.92 Å². The van der Waals surface area contributed by atoms with Crippen molar-refractivity contribution in [1.82, 2.24) is 5.32 Å². The highest BCUT2D eigenvalue weighted by Crippen LogP contribution is 1.98. The Bertz CT molecular complexity index is 77.5. The van der Waals surface area contributed by atoms with Crippen molar-refractivity contribution in [3.63, 3.8) is 0 Å². The molecule has 0 aromatic carbocycles. The Balaban J connectivity index is 0. The fraction of sp³-hybridized carbons (Fsp3) is 0.667. The molecule has 1 amide bonds. The van der Waals surface area contributed by atoms with Crippen LogP contribution < -0.4 is 5.32 Å². The molecule has 0 saturated heterocycles. The molecule has 0 aliphatic carbocycles. The fourth-order valence-corrected chi connectivity index (χ4v) is 0. The van der Waals surface area contributed by atoms with Gasteiger partial charge in [-0.15, -0.1) is 0 Å². The van der Waals surface area contributed by atoms with Crippen molar-refractivity contribution in [1.29, 1.82) is 0 Å². The molecule has 56 valence electrons. The maximum Gasteiger partial charge on any atom is 0.216 e. The van der Waals surface area contributed by atoms with E-state index in [2.05, 4.69) is 26.7 Å². The summed E-state index contributed by atoms with van der Waals surface area (Å²) < 4.78 is 9.09. The second-order valence-electron chi connectivity index (χ2n) is 0.990. The van der Waals surface area contributed by atoms with Gasteiger partial charge < -0.3 is 9.87 Å². The second kappa shape index (κ2) is 8.36. The highest BCUT2D eigenvalue weighted by molar-refractivity contribution is 8.31. The quantitative estimate of drug-likeness (QED) is 0.577. The smallest absolute Gasteiger partial charge is 0.216 e. The van der Waals surface area contributed by atoms with Gasteiger partial charge in [-0.05, 0) is 0 Å². The van der Waals surface area contributed by atoms with Crippen LogP contribution in [0.15, 0.2) is 0 Å². The SMILES string of the molecule is CNC(C)=O.[O-][S+](Cl)Cl. The molecule has 0 saturated carbocycles. The van der Waals surface area contributed by atoms with Crippen molar-refractivity contribution < 1.29 is 9.35 Å². The summed E-state index contributed by atoms with van der Waals surface area (Å²) in [7, 11) is 8.96. The predicted molar refractivity (Wildman–Crippen MR) is 39.6 cm³/mol. The monoisotopic (exact) mass is 191 g/mol. The summed E-state index contributed by atoms with van der Waals surface area (Å²) in [6, 6.07) is 0. The van der Waals surface area contributed by atoms with Gasteiger partial charge in [-0.1, -0.05) is 0 Å². The molecule has 0 aromatic rings. The first kappa shape index (κ1) is 12.1. The van der Waals surface area contributed by atoms with E-state index in [9.17, 15) is 4.79 Å². The Morgan fingerprint density at radius 2 is 1.78 bits per heavy atom. The van der Waals surface area contributed by atoms with E-state index in [4.69, 9.17) is 4.55 Å². The van der Waals surface area contributed by atoms with E-state index in [0.717, 1.165) is 0 Å². The molecule has 0 heterocycles. The zero-order valence-electron chi connectivity index (χ0n) is 4.98. The normalized spacial score (nSPS) is 7.78. The first-order valence-electron chi connectivity index (χ1n) is 1.93. The van der Waals surface area contributed by atoms with Crippen LogP contribution in [-0.4, -0.2) is 17.5 Å². The number of rotatable bonds is 0. The molecule has 0 atom stereocenters. The van der Waals surface area contributed by atoms with Crippen LogP contribution >= 0.6 is 21.4 Å². The summed E-state index contributed by atoms with van der Waals surface area (Å²) in [5.74, 6) is 0.00463. The van der Waals surface area contributed by atoms with Crippen molar-refractivity contribution in [3.8, 4) is 0 Å². The summed E-state index contributed by atoms with van der Waals surface area (Å²) in [4.78, 5) is 9.70. The maximum atomic E-state index is 9.70. The summed E-state index contributed by atoms with van der Waals surface area (Å²) in [6.07, 6.45) is 0. The van der Waals surface area contributed by atoms with Crippen LogP contribution in [-0.2, 0) is 14.4 Å². The molecule has 0 fully saturated rings. The molecule has 1 N–H and O–H groups in total. The minimum atomic E-state index is -1.67. The third-order valence-corrected chi connectivity index (χ3v) is 0.352. The van der Waals surface area contributed by atoms with Crippen LogP contribution in [0, 0.1) is 0 Å². The minimum absolute atomic E-state index is 0.00463. The molecule has 0 unspecified atom stereocenters. The van der Waals surface area contributed by atoms with Crippen molar-refractivity contribution in [2.24, 2.45) is 0 Å². The molecule has 0 rings (SSSR count). The molecule has 3 nitrogen and oxygen atoms in total. The van der Waals surface area contributed by atoms with E-state index < -0.39 is 9.60 Å². The van der Waals surface area contributed by atoms with E-state index in [-0.39, 0.29) is 5.91 Å². The van der Waals surface area contributed by atoms with Crippen LogP contribution in [0.25, 0.3) is 0 Å². The average Bonchev–Trinajstić information content (AvgIpc) is 1.65. The van der Waals surface area contributed by atoms with Crippen molar-refractivity contribution >= 4 is 36.9 Å². The Morgan fingerprint density at radius 1 is 1.67 bits per heavy atom. The maximum absolute atomic E-state index is 9.70. The number of carbonyl (C=O) groups is 1. The first-order chi connectivity index (χ1) is 4.00. The zero-order chi connectivity index (χ0) is 7.86. The topological polar surface area (TPSA) is 52.2 Å². The Hall–Kier alpha value is 0.360.